The highest BCUT2D eigenvalue weighted by Gasteiger charge is 2.26. The van der Waals surface area contributed by atoms with E-state index in [2.05, 4.69) is 15.3 Å². The van der Waals surface area contributed by atoms with Crippen molar-refractivity contribution in [2.24, 2.45) is 0 Å². The van der Waals surface area contributed by atoms with Gasteiger partial charge in [-0.1, -0.05) is 11.6 Å². The van der Waals surface area contributed by atoms with Crippen molar-refractivity contribution in [2.45, 2.75) is 18.9 Å². The van der Waals surface area contributed by atoms with Crippen LogP contribution in [0.25, 0.3) is 10.9 Å². The Morgan fingerprint density at radius 3 is 2.81 bits per heavy atom. The summed E-state index contributed by atoms with van der Waals surface area (Å²) in [4.78, 5) is 24.5. The van der Waals surface area contributed by atoms with Gasteiger partial charge in [0, 0.05) is 70.0 Å². The fourth-order valence-electron chi connectivity index (χ4n) is 3.91. The van der Waals surface area contributed by atoms with Crippen molar-refractivity contribution in [1.82, 2.24) is 19.8 Å². The number of fused-ring (bicyclic) bond motifs is 1. The summed E-state index contributed by atoms with van der Waals surface area (Å²) in [6.07, 6.45) is 4.50. The number of nitrogens with zero attached hydrogens (tertiary/aromatic N) is 4. The SMILES string of the molecule is COCCN(C)C(=O)N1CCC(Oc2cc3cncnc3cc2OCNc2ccc(F)c(Cl)c2)CC1. The van der Waals surface area contributed by atoms with E-state index in [4.69, 9.17) is 25.8 Å². The van der Waals surface area contributed by atoms with Gasteiger partial charge in [0.05, 0.1) is 17.1 Å². The number of halogens is 2. The van der Waals surface area contributed by atoms with Crippen molar-refractivity contribution in [2.75, 3.05) is 52.4 Å². The Kier molecular flexibility index (Phi) is 8.61. The first-order valence-electron chi connectivity index (χ1n) is 11.7. The van der Waals surface area contributed by atoms with Crippen LogP contribution in [0.5, 0.6) is 11.5 Å². The second-order valence-corrected chi connectivity index (χ2v) is 8.88. The molecule has 11 heteroatoms. The molecule has 2 amide bonds. The maximum Gasteiger partial charge on any atom is 0.319 e. The number of hydrogen-bond acceptors (Lipinski definition) is 7. The number of anilines is 1. The van der Waals surface area contributed by atoms with Gasteiger partial charge < -0.3 is 29.3 Å². The third kappa shape index (κ3) is 6.44. The molecule has 0 atom stereocenters. The summed E-state index contributed by atoms with van der Waals surface area (Å²) in [7, 11) is 3.39. The average molecular weight is 518 g/mol. The van der Waals surface area contributed by atoms with E-state index in [0.29, 0.717) is 56.3 Å². The molecule has 0 unspecified atom stereocenters. The van der Waals surface area contributed by atoms with E-state index < -0.39 is 5.82 Å². The van der Waals surface area contributed by atoms with E-state index in [9.17, 15) is 9.18 Å². The highest BCUT2D eigenvalue weighted by molar-refractivity contribution is 6.31. The molecule has 1 aromatic heterocycles. The van der Waals surface area contributed by atoms with E-state index in [-0.39, 0.29) is 23.9 Å². The third-order valence-electron chi connectivity index (χ3n) is 5.96. The van der Waals surface area contributed by atoms with Gasteiger partial charge >= 0.3 is 6.03 Å². The topological polar surface area (TPSA) is 89.1 Å². The Bertz CT molecular complexity index is 1190. The van der Waals surface area contributed by atoms with E-state index in [0.717, 1.165) is 10.9 Å². The molecule has 1 saturated heterocycles. The Morgan fingerprint density at radius 1 is 1.25 bits per heavy atom. The lowest BCUT2D eigenvalue weighted by Crippen LogP contribution is -2.47. The smallest absolute Gasteiger partial charge is 0.319 e. The molecule has 4 rings (SSSR count). The van der Waals surface area contributed by atoms with Crippen molar-refractivity contribution in [3.05, 3.63) is 53.7 Å². The molecule has 3 aromatic rings. The second kappa shape index (κ2) is 12.0. The van der Waals surface area contributed by atoms with Gasteiger partial charge in [0.15, 0.2) is 18.2 Å². The summed E-state index contributed by atoms with van der Waals surface area (Å²) in [6.45, 7) is 2.35. The summed E-state index contributed by atoms with van der Waals surface area (Å²) in [6, 6.07) is 8.01. The lowest BCUT2D eigenvalue weighted by atomic mass is 10.1. The molecular weight excluding hydrogens is 489 g/mol. The summed E-state index contributed by atoms with van der Waals surface area (Å²) < 4.78 is 30.8. The molecule has 1 fully saturated rings. The zero-order valence-corrected chi connectivity index (χ0v) is 21.0. The average Bonchev–Trinajstić information content (AvgIpc) is 2.89. The summed E-state index contributed by atoms with van der Waals surface area (Å²) in [5, 5.41) is 3.92. The number of carbonyl (C=O) groups is 1. The van der Waals surface area contributed by atoms with Crippen molar-refractivity contribution in [3.8, 4) is 11.5 Å². The maximum atomic E-state index is 13.4. The van der Waals surface area contributed by atoms with Crippen molar-refractivity contribution >= 4 is 34.2 Å². The molecule has 192 valence electrons. The van der Waals surface area contributed by atoms with Gasteiger partial charge in [-0.25, -0.2) is 19.2 Å². The molecule has 2 aromatic carbocycles. The monoisotopic (exact) mass is 517 g/mol. The number of carbonyl (C=O) groups excluding carboxylic acids is 1. The number of urea groups is 1. The molecule has 0 saturated carbocycles. The molecule has 36 heavy (non-hydrogen) atoms. The first-order valence-corrected chi connectivity index (χ1v) is 12.0. The minimum absolute atomic E-state index is 0.00986. The van der Waals surface area contributed by atoms with Gasteiger partial charge in [-0.2, -0.15) is 0 Å². The fraction of sp³-hybridized carbons (Fsp3) is 0.400. The van der Waals surface area contributed by atoms with E-state index in [1.54, 1.807) is 37.4 Å². The van der Waals surface area contributed by atoms with E-state index in [1.807, 2.05) is 11.0 Å². The van der Waals surface area contributed by atoms with Crippen LogP contribution in [0.1, 0.15) is 12.8 Å². The van der Waals surface area contributed by atoms with Gasteiger partial charge in [0.25, 0.3) is 0 Å². The lowest BCUT2D eigenvalue weighted by molar-refractivity contribution is 0.0906. The number of benzene rings is 2. The van der Waals surface area contributed by atoms with Crippen LogP contribution in [0, 0.1) is 5.82 Å². The Morgan fingerprint density at radius 2 is 2.06 bits per heavy atom. The van der Waals surface area contributed by atoms with Gasteiger partial charge in [-0.05, 0) is 24.3 Å². The van der Waals surface area contributed by atoms with Gasteiger partial charge in [0.2, 0.25) is 0 Å². The number of ether oxygens (including phenoxy) is 3. The minimum Gasteiger partial charge on any atom is -0.486 e. The van der Waals surface area contributed by atoms with Crippen LogP contribution in [0.4, 0.5) is 14.9 Å². The highest BCUT2D eigenvalue weighted by Crippen LogP contribution is 2.34. The predicted molar refractivity (Wildman–Crippen MR) is 135 cm³/mol. The van der Waals surface area contributed by atoms with Crippen LogP contribution in [0.3, 0.4) is 0 Å². The molecule has 0 bridgehead atoms. The number of piperidine rings is 1. The molecule has 1 aliphatic heterocycles. The number of hydrogen-bond donors (Lipinski definition) is 1. The van der Waals surface area contributed by atoms with Crippen LogP contribution in [-0.4, -0.2) is 79.0 Å². The van der Waals surface area contributed by atoms with Gasteiger partial charge in [-0.15, -0.1) is 0 Å². The molecule has 2 heterocycles. The Hall–Kier alpha value is -3.37. The number of amides is 2. The van der Waals surface area contributed by atoms with Crippen LogP contribution in [0.15, 0.2) is 42.9 Å². The largest absolute Gasteiger partial charge is 0.486 e. The quantitative estimate of drug-likeness (QED) is 0.420. The number of nitrogens with one attached hydrogen (secondary N) is 1. The summed E-state index contributed by atoms with van der Waals surface area (Å²) >= 11 is 5.86. The Labute approximate surface area is 214 Å². The second-order valence-electron chi connectivity index (χ2n) is 8.48. The van der Waals surface area contributed by atoms with Crippen molar-refractivity contribution < 1.29 is 23.4 Å². The zero-order chi connectivity index (χ0) is 25.5. The zero-order valence-electron chi connectivity index (χ0n) is 20.2. The molecule has 9 nitrogen and oxygen atoms in total. The van der Waals surface area contributed by atoms with Gasteiger partial charge in [0.1, 0.15) is 18.2 Å². The number of rotatable bonds is 9. The number of aromatic nitrogens is 2. The Balaban J connectivity index is 1.40. The fourth-order valence-corrected chi connectivity index (χ4v) is 4.09. The van der Waals surface area contributed by atoms with Crippen LogP contribution in [-0.2, 0) is 4.74 Å². The maximum absolute atomic E-state index is 13.4. The summed E-state index contributed by atoms with van der Waals surface area (Å²) in [5.74, 6) is 0.598. The van der Waals surface area contributed by atoms with E-state index >= 15 is 0 Å². The molecule has 1 aliphatic rings. The summed E-state index contributed by atoms with van der Waals surface area (Å²) in [5.41, 5.74) is 1.34. The molecule has 0 spiro atoms. The minimum atomic E-state index is -0.484. The first-order chi connectivity index (χ1) is 17.4. The molecule has 1 N–H and O–H groups in total. The number of likely N-dealkylation sites (tertiary alicyclic amines) is 1. The number of methoxy groups -OCH3 is 1. The standard InChI is InChI=1S/C25H29ClFN5O4/c1-31(9-10-34-2)25(33)32-7-5-19(6-8-32)36-24-11-17-14-28-15-29-22(17)13-23(24)35-16-30-18-3-4-21(27)20(26)12-18/h3-4,11-15,19,30H,5-10,16H2,1-2H3. The van der Waals surface area contributed by atoms with Crippen LogP contribution < -0.4 is 14.8 Å². The predicted octanol–water partition coefficient (Wildman–Crippen LogP) is 4.41. The van der Waals surface area contributed by atoms with Crippen LogP contribution in [0.2, 0.25) is 5.02 Å². The lowest BCUT2D eigenvalue weighted by Gasteiger charge is -2.34. The first kappa shape index (κ1) is 25.7. The van der Waals surface area contributed by atoms with E-state index in [1.165, 1.54) is 18.5 Å². The highest BCUT2D eigenvalue weighted by atomic mass is 35.5. The molecule has 0 radical (unpaired) electrons. The molecular formula is C25H29ClFN5O4. The van der Waals surface area contributed by atoms with Crippen molar-refractivity contribution in [1.29, 1.82) is 0 Å². The van der Waals surface area contributed by atoms with Crippen molar-refractivity contribution in [3.63, 3.8) is 0 Å². The third-order valence-corrected chi connectivity index (χ3v) is 6.25. The van der Waals surface area contributed by atoms with Crippen LogP contribution >= 0.6 is 11.6 Å². The number of likely N-dealkylation sites (N-methyl/N-ethyl adjacent to an activating group) is 1. The molecule has 0 aliphatic carbocycles. The van der Waals surface area contributed by atoms with Gasteiger partial charge in [-0.3, -0.25) is 0 Å². The normalized spacial score (nSPS) is 14.1.